The summed E-state index contributed by atoms with van der Waals surface area (Å²) in [4.78, 5) is 38.9. The SMILES string of the molecule is C/C=C(/C)C(=O)O[C@H]1[C@H]2[C@@H]([C@@H](OC(C)=O)[C@@H](C)C(=O)[C@@]34C[C@H](C)[C@H](O)[C@]3(/C=C(\C)[C@H]1O)O4)C2(C)C. The minimum atomic E-state index is -1.26. The fraction of sp³-hybridized carbons (Fsp3) is 0.741. The van der Waals surface area contributed by atoms with Gasteiger partial charge in [0.25, 0.3) is 0 Å². The zero-order valence-corrected chi connectivity index (χ0v) is 21.8. The summed E-state index contributed by atoms with van der Waals surface area (Å²) < 4.78 is 17.7. The molecular weight excluding hydrogens is 452 g/mol. The van der Waals surface area contributed by atoms with E-state index < -0.39 is 58.9 Å². The number of ether oxygens (including phenoxy) is 3. The second-order valence-electron chi connectivity index (χ2n) is 11.6. The highest BCUT2D eigenvalue weighted by Crippen LogP contribution is 2.68. The molecule has 3 fully saturated rings. The number of fused-ring (bicyclic) bond motifs is 1. The number of aliphatic hydroxyl groups is 2. The quantitative estimate of drug-likeness (QED) is 0.268. The van der Waals surface area contributed by atoms with Gasteiger partial charge < -0.3 is 24.4 Å². The number of carbonyl (C=O) groups excluding carboxylic acids is 3. The van der Waals surface area contributed by atoms with E-state index in [0.29, 0.717) is 17.6 Å². The highest BCUT2D eigenvalue weighted by Gasteiger charge is 2.82. The number of carbonyl (C=O) groups is 3. The summed E-state index contributed by atoms with van der Waals surface area (Å²) >= 11 is 0. The number of esters is 2. The van der Waals surface area contributed by atoms with Crippen molar-refractivity contribution in [1.29, 1.82) is 0 Å². The van der Waals surface area contributed by atoms with Crippen molar-refractivity contribution in [3.63, 3.8) is 0 Å². The first-order valence-corrected chi connectivity index (χ1v) is 12.5. The molecule has 1 heterocycles. The summed E-state index contributed by atoms with van der Waals surface area (Å²) in [6, 6.07) is 0. The number of aliphatic hydroxyl groups excluding tert-OH is 2. The molecule has 8 nitrogen and oxygen atoms in total. The Balaban J connectivity index is 1.85. The van der Waals surface area contributed by atoms with E-state index in [1.165, 1.54) is 6.92 Å². The Bertz CT molecular complexity index is 1010. The van der Waals surface area contributed by atoms with Crippen molar-refractivity contribution in [2.75, 3.05) is 0 Å². The zero-order chi connectivity index (χ0) is 26.2. The highest BCUT2D eigenvalue weighted by molar-refractivity contribution is 5.96. The van der Waals surface area contributed by atoms with Crippen LogP contribution in [0.5, 0.6) is 0 Å². The van der Waals surface area contributed by atoms with Crippen LogP contribution < -0.4 is 0 Å². The standard InChI is InChI=1S/C27H38O8/c1-9-12(2)24(32)34-21-18-17(25(18,7)8)20(33-16(6)28)15(5)23(31)27-11-14(4)22(30)26(27,35-27)10-13(3)19(21)29/h9-10,14-15,17-22,29-30H,11H2,1-8H3/b12-9-,13-10+/t14-,15+,17-,18+,19+,20-,21-,22-,26-,27-/m0/s1. The van der Waals surface area contributed by atoms with Crippen LogP contribution in [0.1, 0.15) is 61.8 Å². The van der Waals surface area contributed by atoms with Crippen molar-refractivity contribution in [2.24, 2.45) is 29.1 Å². The minimum Gasteiger partial charge on any atom is -0.461 e. The van der Waals surface area contributed by atoms with Crippen LogP contribution in [0.2, 0.25) is 0 Å². The van der Waals surface area contributed by atoms with Crippen molar-refractivity contribution in [3.8, 4) is 0 Å². The van der Waals surface area contributed by atoms with Gasteiger partial charge >= 0.3 is 11.9 Å². The Morgan fingerprint density at radius 1 is 1.11 bits per heavy atom. The van der Waals surface area contributed by atoms with E-state index in [-0.39, 0.29) is 23.5 Å². The first-order chi connectivity index (χ1) is 16.2. The molecule has 2 N–H and O–H groups in total. The smallest absolute Gasteiger partial charge is 0.333 e. The molecule has 0 unspecified atom stereocenters. The Morgan fingerprint density at radius 2 is 1.71 bits per heavy atom. The van der Waals surface area contributed by atoms with E-state index in [2.05, 4.69) is 0 Å². The van der Waals surface area contributed by atoms with Crippen LogP contribution in [0.25, 0.3) is 0 Å². The number of hydrogen-bond acceptors (Lipinski definition) is 8. The predicted molar refractivity (Wildman–Crippen MR) is 126 cm³/mol. The van der Waals surface area contributed by atoms with Crippen LogP contribution in [0.3, 0.4) is 0 Å². The lowest BCUT2D eigenvalue weighted by molar-refractivity contribution is -0.157. The molecule has 4 aliphatic rings. The Morgan fingerprint density at radius 3 is 2.29 bits per heavy atom. The van der Waals surface area contributed by atoms with Gasteiger partial charge in [-0.2, -0.15) is 0 Å². The molecule has 0 aromatic heterocycles. The largest absolute Gasteiger partial charge is 0.461 e. The van der Waals surface area contributed by atoms with Gasteiger partial charge in [-0.05, 0) is 50.2 Å². The lowest BCUT2D eigenvalue weighted by Crippen LogP contribution is -2.43. The maximum absolute atomic E-state index is 13.9. The van der Waals surface area contributed by atoms with E-state index in [4.69, 9.17) is 14.2 Å². The van der Waals surface area contributed by atoms with Gasteiger partial charge in [0.1, 0.15) is 18.3 Å². The van der Waals surface area contributed by atoms with Crippen LogP contribution in [-0.2, 0) is 28.6 Å². The van der Waals surface area contributed by atoms with E-state index in [0.717, 1.165) is 0 Å². The average Bonchev–Trinajstić information content (AvgIpc) is 3.58. The summed E-state index contributed by atoms with van der Waals surface area (Å²) in [6.45, 7) is 13.9. The number of hydrogen-bond donors (Lipinski definition) is 2. The molecule has 10 atom stereocenters. The second-order valence-corrected chi connectivity index (χ2v) is 11.6. The molecule has 0 aromatic rings. The van der Waals surface area contributed by atoms with Gasteiger partial charge in [0.05, 0.1) is 12.0 Å². The molecule has 1 aliphatic heterocycles. The molecule has 3 aliphatic carbocycles. The summed E-state index contributed by atoms with van der Waals surface area (Å²) in [5.41, 5.74) is -2.11. The molecule has 0 bridgehead atoms. The number of rotatable bonds is 3. The first-order valence-electron chi connectivity index (χ1n) is 12.5. The monoisotopic (exact) mass is 490 g/mol. The van der Waals surface area contributed by atoms with E-state index in [9.17, 15) is 24.6 Å². The molecule has 194 valence electrons. The van der Waals surface area contributed by atoms with E-state index in [1.807, 2.05) is 20.8 Å². The molecular formula is C27H38O8. The molecule has 4 rings (SSSR count). The molecule has 0 aromatic carbocycles. The molecule has 8 heteroatoms. The normalized spacial score (nSPS) is 47.8. The van der Waals surface area contributed by atoms with Gasteiger partial charge in [0.15, 0.2) is 17.0 Å². The van der Waals surface area contributed by atoms with Crippen molar-refractivity contribution < 1.29 is 38.8 Å². The van der Waals surface area contributed by atoms with Crippen LogP contribution in [0, 0.1) is 29.1 Å². The number of Topliss-reactive ketones (excluding diaryl/α,β-unsaturated/α-hetero) is 1. The van der Waals surface area contributed by atoms with E-state index >= 15 is 0 Å². The van der Waals surface area contributed by atoms with Gasteiger partial charge in [0.2, 0.25) is 0 Å². The fourth-order valence-electron chi connectivity index (χ4n) is 6.85. The van der Waals surface area contributed by atoms with Crippen LogP contribution in [0.4, 0.5) is 0 Å². The molecule has 0 radical (unpaired) electrons. The van der Waals surface area contributed by atoms with Crippen molar-refractivity contribution >= 4 is 17.7 Å². The summed E-state index contributed by atoms with van der Waals surface area (Å²) in [5.74, 6) is -2.88. The topological polar surface area (TPSA) is 123 Å². The fourth-order valence-corrected chi connectivity index (χ4v) is 6.85. The van der Waals surface area contributed by atoms with Crippen molar-refractivity contribution in [1.82, 2.24) is 0 Å². The Kier molecular flexibility index (Phi) is 6.14. The Hall–Kier alpha value is -2.03. The molecule has 0 amide bonds. The van der Waals surface area contributed by atoms with Crippen LogP contribution in [0.15, 0.2) is 23.3 Å². The van der Waals surface area contributed by atoms with Gasteiger partial charge in [-0.3, -0.25) is 9.59 Å². The highest BCUT2D eigenvalue weighted by atomic mass is 16.7. The van der Waals surface area contributed by atoms with E-state index in [1.54, 1.807) is 39.8 Å². The lowest BCUT2D eigenvalue weighted by Gasteiger charge is -2.28. The third-order valence-electron chi connectivity index (χ3n) is 9.05. The third kappa shape index (κ3) is 3.63. The van der Waals surface area contributed by atoms with Crippen LogP contribution in [-0.4, -0.2) is 63.6 Å². The minimum absolute atomic E-state index is 0.202. The summed E-state index contributed by atoms with van der Waals surface area (Å²) in [5, 5.41) is 22.5. The van der Waals surface area contributed by atoms with Crippen molar-refractivity contribution in [3.05, 3.63) is 23.3 Å². The molecule has 1 saturated heterocycles. The average molecular weight is 491 g/mol. The summed E-state index contributed by atoms with van der Waals surface area (Å²) in [6.07, 6.45) is -0.241. The van der Waals surface area contributed by atoms with Gasteiger partial charge in [-0.1, -0.05) is 33.8 Å². The zero-order valence-electron chi connectivity index (χ0n) is 21.8. The molecule has 35 heavy (non-hydrogen) atoms. The predicted octanol–water partition coefficient (Wildman–Crippen LogP) is 2.50. The number of epoxide rings is 1. The maximum Gasteiger partial charge on any atom is 0.333 e. The number of allylic oxidation sites excluding steroid dienone is 1. The third-order valence-corrected chi connectivity index (χ3v) is 9.05. The van der Waals surface area contributed by atoms with Gasteiger partial charge in [-0.15, -0.1) is 0 Å². The maximum atomic E-state index is 13.9. The van der Waals surface area contributed by atoms with Crippen molar-refractivity contribution in [2.45, 2.75) is 97.4 Å². The lowest BCUT2D eigenvalue weighted by atomic mass is 9.80. The number of ketones is 1. The van der Waals surface area contributed by atoms with Gasteiger partial charge in [0, 0.05) is 24.3 Å². The van der Waals surface area contributed by atoms with Gasteiger partial charge in [-0.25, -0.2) is 4.79 Å². The Labute approximate surface area is 206 Å². The summed E-state index contributed by atoms with van der Waals surface area (Å²) in [7, 11) is 0. The molecule has 2 saturated carbocycles. The second kappa shape index (κ2) is 8.25. The molecule has 0 spiro atoms. The van der Waals surface area contributed by atoms with Crippen LogP contribution >= 0.6 is 0 Å². The first kappa shape index (κ1) is 26.0.